The Morgan fingerprint density at radius 1 is 1.19 bits per heavy atom. The Bertz CT molecular complexity index is 1040. The largest absolute Gasteiger partial charge is 0.497 e. The number of thioether (sulfide) groups is 1. The minimum Gasteiger partial charge on any atom is -0.497 e. The summed E-state index contributed by atoms with van der Waals surface area (Å²) in [7, 11) is 6.78. The number of benzene rings is 2. The highest BCUT2D eigenvalue weighted by molar-refractivity contribution is 8.18. The summed E-state index contributed by atoms with van der Waals surface area (Å²) in [6.07, 6.45) is 1.80. The number of carbonyl (C=O) groups excluding carboxylic acids is 1. The number of ether oxygens (including phenoxy) is 2. The molecule has 1 amide bonds. The van der Waals surface area contributed by atoms with E-state index in [1.54, 1.807) is 37.8 Å². The second-order valence-electron chi connectivity index (χ2n) is 6.67. The van der Waals surface area contributed by atoms with Gasteiger partial charge < -0.3 is 14.4 Å². The molecule has 0 spiro atoms. The first-order valence-corrected chi connectivity index (χ1v) is 10.9. The molecule has 1 saturated heterocycles. The van der Waals surface area contributed by atoms with Crippen LogP contribution < -0.4 is 9.47 Å². The minimum atomic E-state index is -0.0819. The summed E-state index contributed by atoms with van der Waals surface area (Å²) in [5.41, 5.74) is 2.66. The van der Waals surface area contributed by atoms with Crippen molar-refractivity contribution in [2.75, 3.05) is 28.3 Å². The Labute approximate surface area is 192 Å². The summed E-state index contributed by atoms with van der Waals surface area (Å²) in [5.74, 6) is 1.26. The molecule has 1 aliphatic heterocycles. The van der Waals surface area contributed by atoms with Gasteiger partial charge in [0.1, 0.15) is 11.5 Å². The lowest BCUT2D eigenvalue weighted by atomic mass is 10.1. The molecule has 1 heterocycles. The molecule has 31 heavy (non-hydrogen) atoms. The van der Waals surface area contributed by atoms with Crippen molar-refractivity contribution in [3.63, 3.8) is 0 Å². The van der Waals surface area contributed by atoms with Crippen LogP contribution in [0.3, 0.4) is 0 Å². The van der Waals surface area contributed by atoms with E-state index in [0.717, 1.165) is 16.8 Å². The van der Waals surface area contributed by atoms with E-state index in [1.807, 2.05) is 60.5 Å². The van der Waals surface area contributed by atoms with Crippen molar-refractivity contribution in [2.45, 2.75) is 6.54 Å². The molecule has 3 rings (SSSR count). The SMILES string of the molecule is CN=C1S/C(=C/N(C)/C(=C\S)c2ccc(OC)cc2OC)C(=O)N1Cc1ccccc1. The molecule has 0 aromatic heterocycles. The van der Waals surface area contributed by atoms with Crippen molar-refractivity contribution in [1.82, 2.24) is 9.80 Å². The van der Waals surface area contributed by atoms with Gasteiger partial charge in [-0.2, -0.15) is 0 Å². The fraction of sp³-hybridized carbons (Fsp3) is 0.217. The lowest BCUT2D eigenvalue weighted by molar-refractivity contribution is -0.122. The zero-order chi connectivity index (χ0) is 22.4. The smallest absolute Gasteiger partial charge is 0.268 e. The monoisotopic (exact) mass is 455 g/mol. The van der Waals surface area contributed by atoms with Gasteiger partial charge in [0.2, 0.25) is 0 Å². The maximum Gasteiger partial charge on any atom is 0.268 e. The third-order valence-electron chi connectivity index (χ3n) is 4.76. The average Bonchev–Trinajstić information content (AvgIpc) is 3.09. The molecule has 0 unspecified atom stereocenters. The summed E-state index contributed by atoms with van der Waals surface area (Å²) in [6, 6.07) is 15.4. The van der Waals surface area contributed by atoms with Crippen LogP contribution in [0.25, 0.3) is 5.70 Å². The Hall–Kier alpha value is -2.84. The number of carbonyl (C=O) groups is 1. The maximum atomic E-state index is 13.1. The molecule has 0 atom stereocenters. The van der Waals surface area contributed by atoms with Crippen molar-refractivity contribution >= 4 is 41.2 Å². The van der Waals surface area contributed by atoms with E-state index in [-0.39, 0.29) is 5.91 Å². The first kappa shape index (κ1) is 22.8. The Morgan fingerprint density at radius 2 is 1.94 bits per heavy atom. The van der Waals surface area contributed by atoms with Crippen LogP contribution in [-0.2, 0) is 11.3 Å². The minimum absolute atomic E-state index is 0.0819. The van der Waals surface area contributed by atoms with Crippen LogP contribution in [0.2, 0.25) is 0 Å². The van der Waals surface area contributed by atoms with Gasteiger partial charge in [0, 0.05) is 31.9 Å². The zero-order valence-corrected chi connectivity index (χ0v) is 19.6. The standard InChI is InChI=1S/C23H25N3O3S2/c1-24-23-26(13-16-8-6-5-7-9-16)22(27)21(31-23)14-25(2)19(15-30)18-11-10-17(28-3)12-20(18)29-4/h5-12,14-15,30H,13H2,1-4H3/b19-15-,21-14+,24-23?. The topological polar surface area (TPSA) is 54.4 Å². The van der Waals surface area contributed by atoms with Crippen LogP contribution in [0.1, 0.15) is 11.1 Å². The van der Waals surface area contributed by atoms with Crippen molar-refractivity contribution in [1.29, 1.82) is 0 Å². The molecular weight excluding hydrogens is 430 g/mol. The third-order valence-corrected chi connectivity index (χ3v) is 6.09. The number of amides is 1. The van der Waals surface area contributed by atoms with Crippen LogP contribution in [0.4, 0.5) is 0 Å². The highest BCUT2D eigenvalue weighted by Gasteiger charge is 2.33. The molecule has 0 saturated carbocycles. The van der Waals surface area contributed by atoms with E-state index in [4.69, 9.17) is 9.47 Å². The summed E-state index contributed by atoms with van der Waals surface area (Å²) >= 11 is 5.75. The lowest BCUT2D eigenvalue weighted by Crippen LogP contribution is -2.28. The quantitative estimate of drug-likeness (QED) is 0.493. The summed E-state index contributed by atoms with van der Waals surface area (Å²) in [5, 5.41) is 2.36. The van der Waals surface area contributed by atoms with Crippen molar-refractivity contribution in [3.8, 4) is 11.5 Å². The number of aliphatic imine (C=N–C) groups is 1. The molecule has 2 aromatic rings. The second kappa shape index (κ2) is 10.5. The third kappa shape index (κ3) is 5.08. The maximum absolute atomic E-state index is 13.1. The van der Waals surface area contributed by atoms with E-state index in [9.17, 15) is 4.79 Å². The predicted molar refractivity (Wildman–Crippen MR) is 130 cm³/mol. The molecule has 0 N–H and O–H groups in total. The summed E-state index contributed by atoms with van der Waals surface area (Å²) < 4.78 is 10.8. The number of rotatable bonds is 7. The first-order chi connectivity index (χ1) is 15.0. The fourth-order valence-electron chi connectivity index (χ4n) is 3.18. The van der Waals surface area contributed by atoms with Crippen molar-refractivity contribution < 1.29 is 14.3 Å². The number of amidine groups is 1. The lowest BCUT2D eigenvalue weighted by Gasteiger charge is -2.21. The molecule has 0 radical (unpaired) electrons. The van der Waals surface area contributed by atoms with E-state index < -0.39 is 0 Å². The molecule has 0 bridgehead atoms. The van der Waals surface area contributed by atoms with Gasteiger partial charge in [-0.3, -0.25) is 14.7 Å². The van der Waals surface area contributed by atoms with Crippen molar-refractivity contribution in [3.05, 3.63) is 76.2 Å². The molecule has 2 aromatic carbocycles. The van der Waals surface area contributed by atoms with Gasteiger partial charge in [0.25, 0.3) is 5.91 Å². The van der Waals surface area contributed by atoms with E-state index in [0.29, 0.717) is 28.1 Å². The number of methoxy groups -OCH3 is 2. The van der Waals surface area contributed by atoms with Gasteiger partial charge in [0.05, 0.1) is 31.4 Å². The molecule has 6 nitrogen and oxygen atoms in total. The molecule has 162 valence electrons. The van der Waals surface area contributed by atoms with Crippen molar-refractivity contribution in [2.24, 2.45) is 4.99 Å². The van der Waals surface area contributed by atoms with Gasteiger partial charge in [-0.1, -0.05) is 30.3 Å². The molecule has 1 aliphatic rings. The van der Waals surface area contributed by atoms with Crippen LogP contribution in [0.5, 0.6) is 11.5 Å². The van der Waals surface area contributed by atoms with E-state index in [2.05, 4.69) is 17.6 Å². The predicted octanol–water partition coefficient (Wildman–Crippen LogP) is 4.47. The van der Waals surface area contributed by atoms with E-state index >= 15 is 0 Å². The molecule has 1 fully saturated rings. The highest BCUT2D eigenvalue weighted by atomic mass is 32.2. The van der Waals surface area contributed by atoms with Gasteiger partial charge in [-0.05, 0) is 34.9 Å². The van der Waals surface area contributed by atoms with Gasteiger partial charge in [0.15, 0.2) is 5.17 Å². The van der Waals surface area contributed by atoms with E-state index in [1.165, 1.54) is 11.8 Å². The first-order valence-electron chi connectivity index (χ1n) is 9.54. The van der Waals surface area contributed by atoms with Gasteiger partial charge in [-0.25, -0.2) is 0 Å². The molecular formula is C23H25N3O3S2. The number of nitrogens with zero attached hydrogens (tertiary/aromatic N) is 3. The van der Waals surface area contributed by atoms with Crippen LogP contribution in [-0.4, -0.2) is 49.2 Å². The Kier molecular flexibility index (Phi) is 7.70. The van der Waals surface area contributed by atoms with Gasteiger partial charge >= 0.3 is 0 Å². The summed E-state index contributed by atoms with van der Waals surface area (Å²) in [4.78, 5) is 21.6. The summed E-state index contributed by atoms with van der Waals surface area (Å²) in [6.45, 7) is 0.474. The number of thiol groups is 1. The fourth-order valence-corrected chi connectivity index (χ4v) is 4.45. The van der Waals surface area contributed by atoms with Crippen LogP contribution in [0, 0.1) is 0 Å². The normalized spacial score (nSPS) is 16.9. The average molecular weight is 456 g/mol. The molecule has 8 heteroatoms. The van der Waals surface area contributed by atoms with Gasteiger partial charge in [-0.15, -0.1) is 12.6 Å². The Balaban J connectivity index is 1.87. The second-order valence-corrected chi connectivity index (χ2v) is 7.94. The number of hydrogen-bond donors (Lipinski definition) is 1. The highest BCUT2D eigenvalue weighted by Crippen LogP contribution is 2.36. The Morgan fingerprint density at radius 3 is 2.55 bits per heavy atom. The molecule has 0 aliphatic carbocycles. The zero-order valence-electron chi connectivity index (χ0n) is 17.9. The van der Waals surface area contributed by atoms with Crippen LogP contribution >= 0.6 is 24.4 Å². The number of hydrogen-bond acceptors (Lipinski definition) is 7. The van der Waals surface area contributed by atoms with Crippen LogP contribution in [0.15, 0.2) is 70.0 Å².